The van der Waals surface area contributed by atoms with E-state index in [9.17, 15) is 23.2 Å². The summed E-state index contributed by atoms with van der Waals surface area (Å²) in [6.07, 6.45) is 3.78. The van der Waals surface area contributed by atoms with Gasteiger partial charge in [0.1, 0.15) is 5.54 Å². The fourth-order valence-corrected chi connectivity index (χ4v) is 7.76. The molecule has 1 aliphatic carbocycles. The van der Waals surface area contributed by atoms with E-state index >= 15 is 0 Å². The van der Waals surface area contributed by atoms with E-state index < -0.39 is 11.5 Å². The molecule has 4 aliphatic rings. The fraction of sp³-hybridized carbons (Fsp3) is 0.545. The zero-order chi connectivity index (χ0) is 29.5. The minimum absolute atomic E-state index is 0.0945. The first kappa shape index (κ1) is 28.8. The van der Waals surface area contributed by atoms with Crippen molar-refractivity contribution in [1.82, 2.24) is 20.0 Å². The van der Waals surface area contributed by atoms with Gasteiger partial charge in [-0.3, -0.25) is 19.4 Å². The number of nitrogens with one attached hydrogen (secondary N) is 1. The van der Waals surface area contributed by atoms with Crippen LogP contribution in [0.5, 0.6) is 0 Å². The van der Waals surface area contributed by atoms with Gasteiger partial charge in [0.05, 0.1) is 12.6 Å². The molecule has 0 radical (unpaired) electrons. The number of nitrogens with zero attached hydrogens (tertiary/aromatic N) is 3. The Labute approximate surface area is 246 Å². The highest BCUT2D eigenvalue weighted by molar-refractivity contribution is 6.07. The van der Waals surface area contributed by atoms with Crippen LogP contribution in [0.2, 0.25) is 0 Å². The van der Waals surface area contributed by atoms with Gasteiger partial charge in [-0.25, -0.2) is 13.6 Å². The van der Waals surface area contributed by atoms with E-state index in [1.165, 1.54) is 4.90 Å². The molecule has 9 heteroatoms. The lowest BCUT2D eigenvalue weighted by atomic mass is 9.81. The van der Waals surface area contributed by atoms with E-state index in [-0.39, 0.29) is 74.1 Å². The molecule has 2 aromatic rings. The molecule has 7 nitrogen and oxygen atoms in total. The Balaban J connectivity index is 1.13. The Morgan fingerprint density at radius 2 is 1.52 bits per heavy atom. The summed E-state index contributed by atoms with van der Waals surface area (Å²) in [6, 6.07) is 19.3. The SMILES string of the molecule is CN1C(=O)N(Cc2ccccc2)C(=O)C12CC1CCC(C2)N1CC[C@H](NC(=O)C1CCC(F)(F)CC1)c1ccccc1. The van der Waals surface area contributed by atoms with E-state index in [4.69, 9.17) is 0 Å². The van der Waals surface area contributed by atoms with Gasteiger partial charge in [0.25, 0.3) is 5.91 Å². The van der Waals surface area contributed by atoms with E-state index in [0.717, 1.165) is 30.5 Å². The molecule has 2 unspecified atom stereocenters. The zero-order valence-corrected chi connectivity index (χ0v) is 24.2. The van der Waals surface area contributed by atoms with Gasteiger partial charge in [-0.05, 0) is 56.1 Å². The number of likely N-dealkylation sites (N-methyl/N-ethyl adjacent to an activating group) is 1. The van der Waals surface area contributed by atoms with Crippen molar-refractivity contribution in [1.29, 1.82) is 0 Å². The predicted octanol–water partition coefficient (Wildman–Crippen LogP) is 5.52. The van der Waals surface area contributed by atoms with Gasteiger partial charge in [0, 0.05) is 44.4 Å². The summed E-state index contributed by atoms with van der Waals surface area (Å²) < 4.78 is 27.4. The van der Waals surface area contributed by atoms with Crippen molar-refractivity contribution in [3.05, 3.63) is 71.8 Å². The first-order chi connectivity index (χ1) is 20.2. The number of alkyl halides is 2. The second-order valence-corrected chi connectivity index (χ2v) is 12.7. The lowest BCUT2D eigenvalue weighted by molar-refractivity contribution is -0.137. The molecule has 1 saturated carbocycles. The smallest absolute Gasteiger partial charge is 0.327 e. The van der Waals surface area contributed by atoms with Crippen LogP contribution in [0.4, 0.5) is 13.6 Å². The predicted molar refractivity (Wildman–Crippen MR) is 154 cm³/mol. The van der Waals surface area contributed by atoms with Gasteiger partial charge in [-0.1, -0.05) is 60.7 Å². The summed E-state index contributed by atoms with van der Waals surface area (Å²) in [5, 5.41) is 3.19. The van der Waals surface area contributed by atoms with E-state index in [1.54, 1.807) is 11.9 Å². The maximum atomic E-state index is 13.8. The summed E-state index contributed by atoms with van der Waals surface area (Å²) in [6.45, 7) is 1.02. The van der Waals surface area contributed by atoms with E-state index in [0.29, 0.717) is 19.3 Å². The number of halogens is 2. The molecule has 0 aromatic heterocycles. The van der Waals surface area contributed by atoms with Crippen LogP contribution in [0.15, 0.2) is 60.7 Å². The number of fused-ring (bicyclic) bond motifs is 2. The molecule has 6 rings (SSSR count). The summed E-state index contributed by atoms with van der Waals surface area (Å²) in [5.74, 6) is -3.29. The maximum absolute atomic E-state index is 13.8. The molecule has 3 atom stereocenters. The molecule has 1 N–H and O–H groups in total. The van der Waals surface area contributed by atoms with Crippen molar-refractivity contribution in [2.75, 3.05) is 13.6 Å². The highest BCUT2D eigenvalue weighted by Crippen LogP contribution is 2.47. The third kappa shape index (κ3) is 5.43. The summed E-state index contributed by atoms with van der Waals surface area (Å²) in [5.41, 5.74) is 1.12. The third-order valence-electron chi connectivity index (χ3n) is 10.2. The van der Waals surface area contributed by atoms with E-state index in [1.807, 2.05) is 60.7 Å². The Hall–Kier alpha value is -3.33. The zero-order valence-electron chi connectivity index (χ0n) is 24.2. The average Bonchev–Trinajstić information content (AvgIpc) is 3.32. The quantitative estimate of drug-likeness (QED) is 0.419. The van der Waals surface area contributed by atoms with Gasteiger partial charge in [0.2, 0.25) is 11.8 Å². The van der Waals surface area contributed by atoms with Crippen LogP contribution >= 0.6 is 0 Å². The number of carbonyl (C=O) groups excluding carboxylic acids is 3. The number of benzene rings is 2. The van der Waals surface area contributed by atoms with Crippen molar-refractivity contribution < 1.29 is 23.2 Å². The van der Waals surface area contributed by atoms with Gasteiger partial charge in [-0.15, -0.1) is 0 Å². The molecule has 42 heavy (non-hydrogen) atoms. The molecular formula is C33H40F2N4O3. The normalized spacial score (nSPS) is 28.5. The number of rotatable bonds is 8. The number of piperidine rings is 1. The first-order valence-corrected chi connectivity index (χ1v) is 15.3. The van der Waals surface area contributed by atoms with Crippen LogP contribution < -0.4 is 5.32 Å². The molecule has 1 spiro atoms. The second kappa shape index (κ2) is 11.4. The topological polar surface area (TPSA) is 73.0 Å². The van der Waals surface area contributed by atoms with Crippen LogP contribution in [-0.2, 0) is 16.1 Å². The minimum Gasteiger partial charge on any atom is -0.349 e. The first-order valence-electron chi connectivity index (χ1n) is 15.3. The Morgan fingerprint density at radius 1 is 0.929 bits per heavy atom. The Bertz CT molecular complexity index is 1280. The molecule has 2 aromatic carbocycles. The fourth-order valence-electron chi connectivity index (χ4n) is 7.76. The lowest BCUT2D eigenvalue weighted by Crippen LogP contribution is -2.59. The molecule has 2 bridgehead atoms. The number of hydrogen-bond donors (Lipinski definition) is 1. The minimum atomic E-state index is -2.67. The number of amides is 4. The standard InChI is InChI=1S/C33H40F2N4O3/c1-37-31(42)39(22-23-8-4-2-5-9-23)30(41)32(37)20-26-12-13-27(21-32)38(26)19-16-28(24-10-6-3-7-11-24)36-29(40)25-14-17-33(34,35)18-15-25/h2-11,25-28H,12-22H2,1H3,(H,36,40)/t26?,27?,28-,32?/m0/s1. The second-order valence-electron chi connectivity index (χ2n) is 12.7. The van der Waals surface area contributed by atoms with Gasteiger partial charge < -0.3 is 10.2 Å². The number of imide groups is 1. The molecule has 224 valence electrons. The summed E-state index contributed by atoms with van der Waals surface area (Å²) in [7, 11) is 1.77. The molecule has 3 saturated heterocycles. The van der Waals surface area contributed by atoms with Crippen LogP contribution in [0, 0.1) is 5.92 Å². The number of hydrogen-bond acceptors (Lipinski definition) is 4. The van der Waals surface area contributed by atoms with Gasteiger partial charge >= 0.3 is 6.03 Å². The van der Waals surface area contributed by atoms with Crippen LogP contribution in [0.1, 0.15) is 75.0 Å². The van der Waals surface area contributed by atoms with Gasteiger partial charge in [0.15, 0.2) is 0 Å². The van der Waals surface area contributed by atoms with Crippen molar-refractivity contribution in [2.45, 2.75) is 93.9 Å². The van der Waals surface area contributed by atoms with Crippen molar-refractivity contribution >= 4 is 17.8 Å². The third-order valence-corrected chi connectivity index (χ3v) is 10.2. The Morgan fingerprint density at radius 3 is 2.14 bits per heavy atom. The summed E-state index contributed by atoms with van der Waals surface area (Å²) >= 11 is 0. The van der Waals surface area contributed by atoms with Crippen molar-refractivity contribution in [3.8, 4) is 0 Å². The molecule has 3 heterocycles. The Kier molecular flexibility index (Phi) is 7.81. The number of urea groups is 1. The van der Waals surface area contributed by atoms with Crippen molar-refractivity contribution in [3.63, 3.8) is 0 Å². The van der Waals surface area contributed by atoms with Crippen LogP contribution in [0.25, 0.3) is 0 Å². The largest absolute Gasteiger partial charge is 0.349 e. The van der Waals surface area contributed by atoms with Crippen molar-refractivity contribution in [2.24, 2.45) is 5.92 Å². The average molecular weight is 579 g/mol. The maximum Gasteiger partial charge on any atom is 0.327 e. The molecular weight excluding hydrogens is 538 g/mol. The van der Waals surface area contributed by atoms with Gasteiger partial charge in [-0.2, -0.15) is 0 Å². The highest BCUT2D eigenvalue weighted by atomic mass is 19.3. The van der Waals surface area contributed by atoms with E-state index in [2.05, 4.69) is 10.2 Å². The molecule has 4 amide bonds. The monoisotopic (exact) mass is 578 g/mol. The molecule has 3 aliphatic heterocycles. The highest BCUT2D eigenvalue weighted by Gasteiger charge is 2.61. The molecule has 4 fully saturated rings. The van der Waals surface area contributed by atoms with Crippen LogP contribution in [-0.4, -0.2) is 69.7 Å². The number of carbonyl (C=O) groups is 3. The lowest BCUT2D eigenvalue weighted by Gasteiger charge is -2.46. The summed E-state index contributed by atoms with van der Waals surface area (Å²) in [4.78, 5) is 45.9. The van der Waals surface area contributed by atoms with Crippen LogP contribution in [0.3, 0.4) is 0 Å².